The average molecular weight is 496 g/mol. The second kappa shape index (κ2) is 11.7. The van der Waals surface area contributed by atoms with E-state index in [9.17, 15) is 19.2 Å². The maximum Gasteiger partial charge on any atom is 0.344 e. The molecular formula is C28H33NO7. The van der Waals surface area contributed by atoms with Crippen LogP contribution in [0.4, 0.5) is 0 Å². The summed E-state index contributed by atoms with van der Waals surface area (Å²) < 4.78 is 5.49. The Morgan fingerprint density at radius 1 is 0.722 bits per heavy atom. The molecule has 8 nitrogen and oxygen atoms in total. The van der Waals surface area contributed by atoms with Crippen LogP contribution in [-0.2, 0) is 14.4 Å². The van der Waals surface area contributed by atoms with Gasteiger partial charge in [-0.25, -0.2) is 4.79 Å². The molecular weight excluding hydrogens is 462 g/mol. The van der Waals surface area contributed by atoms with Crippen LogP contribution >= 0.6 is 0 Å². The number of carboxylic acid groups (broad SMARTS) is 1. The molecule has 0 atom stereocenters. The molecule has 0 aliphatic rings. The number of benzene rings is 2. The van der Waals surface area contributed by atoms with Crippen molar-refractivity contribution in [2.75, 3.05) is 6.61 Å². The van der Waals surface area contributed by atoms with Gasteiger partial charge in [0.05, 0.1) is 5.56 Å². The fraction of sp³-hybridized carbons (Fsp3) is 0.393. The first-order valence-corrected chi connectivity index (χ1v) is 11.6. The Bertz CT molecular complexity index is 1130. The summed E-state index contributed by atoms with van der Waals surface area (Å²) in [5.41, 5.74) is 0.469. The van der Waals surface area contributed by atoms with Crippen LogP contribution in [-0.4, -0.2) is 41.1 Å². The molecule has 0 bridgehead atoms. The van der Waals surface area contributed by atoms with Gasteiger partial charge in [0, 0.05) is 33.9 Å². The van der Waals surface area contributed by atoms with Gasteiger partial charge in [0.15, 0.2) is 11.6 Å². The van der Waals surface area contributed by atoms with Crippen LogP contribution in [0.3, 0.4) is 0 Å². The van der Waals surface area contributed by atoms with Crippen LogP contribution < -0.4 is 0 Å². The molecule has 2 aromatic carbocycles. The summed E-state index contributed by atoms with van der Waals surface area (Å²) >= 11 is 0. The lowest BCUT2D eigenvalue weighted by Gasteiger charge is -2.17. The highest BCUT2D eigenvalue weighted by molar-refractivity contribution is 6.06. The monoisotopic (exact) mass is 495 g/mol. The van der Waals surface area contributed by atoms with E-state index >= 15 is 0 Å². The molecule has 0 heterocycles. The number of esters is 1. The third-order valence-electron chi connectivity index (χ3n) is 5.10. The first-order chi connectivity index (χ1) is 16.7. The SMILES string of the molecule is CC(C)(C)C(=O)c1ccc(C(=O)O/C(=N/OCCCC(=O)O)c2ccc(C(=O)C(C)(C)C)cc2)cc1. The number of hydrogen-bond donors (Lipinski definition) is 1. The van der Waals surface area contributed by atoms with Gasteiger partial charge >= 0.3 is 11.9 Å². The van der Waals surface area contributed by atoms with Gasteiger partial charge in [-0.1, -0.05) is 65.8 Å². The lowest BCUT2D eigenvalue weighted by molar-refractivity contribution is -0.137. The van der Waals surface area contributed by atoms with E-state index in [1.54, 1.807) is 36.4 Å². The molecule has 0 aliphatic carbocycles. The van der Waals surface area contributed by atoms with Crippen LogP contribution in [0.1, 0.15) is 91.0 Å². The van der Waals surface area contributed by atoms with E-state index in [0.717, 1.165) is 0 Å². The minimum Gasteiger partial charge on any atom is -0.481 e. The molecule has 2 aromatic rings. The Morgan fingerprint density at radius 3 is 1.56 bits per heavy atom. The molecule has 0 amide bonds. The Kier molecular flexibility index (Phi) is 9.28. The van der Waals surface area contributed by atoms with E-state index < -0.39 is 22.8 Å². The molecule has 0 fully saturated rings. The van der Waals surface area contributed by atoms with Crippen molar-refractivity contribution < 1.29 is 33.9 Å². The summed E-state index contributed by atoms with van der Waals surface area (Å²) in [4.78, 5) is 53.7. The van der Waals surface area contributed by atoms with Crippen molar-refractivity contribution in [1.29, 1.82) is 0 Å². The van der Waals surface area contributed by atoms with Crippen molar-refractivity contribution in [2.24, 2.45) is 16.0 Å². The number of nitrogens with zero attached hydrogens (tertiary/aromatic N) is 1. The molecule has 0 saturated heterocycles. The number of oxime groups is 1. The molecule has 36 heavy (non-hydrogen) atoms. The van der Waals surface area contributed by atoms with E-state index in [2.05, 4.69) is 5.16 Å². The van der Waals surface area contributed by atoms with Gasteiger partial charge in [-0.2, -0.15) is 0 Å². The average Bonchev–Trinajstić information content (AvgIpc) is 2.81. The van der Waals surface area contributed by atoms with Gasteiger partial charge in [-0.05, 0) is 35.8 Å². The first-order valence-electron chi connectivity index (χ1n) is 11.6. The van der Waals surface area contributed by atoms with Gasteiger partial charge < -0.3 is 14.7 Å². The summed E-state index contributed by atoms with van der Waals surface area (Å²) in [6.07, 6.45) is 0.135. The lowest BCUT2D eigenvalue weighted by atomic mass is 9.86. The first kappa shape index (κ1) is 28.4. The Morgan fingerprint density at radius 2 is 1.14 bits per heavy atom. The Balaban J connectivity index is 2.25. The predicted molar refractivity (Wildman–Crippen MR) is 135 cm³/mol. The minimum absolute atomic E-state index is 0.0115. The number of ether oxygens (including phenoxy) is 1. The maximum absolute atomic E-state index is 12.8. The molecule has 0 saturated carbocycles. The van der Waals surface area contributed by atoms with Gasteiger partial charge in [-0.15, -0.1) is 0 Å². The van der Waals surface area contributed by atoms with Gasteiger partial charge in [0.2, 0.25) is 0 Å². The largest absolute Gasteiger partial charge is 0.481 e. The molecule has 0 radical (unpaired) electrons. The molecule has 8 heteroatoms. The molecule has 0 unspecified atom stereocenters. The minimum atomic E-state index is -0.957. The predicted octanol–water partition coefficient (Wildman–Crippen LogP) is 5.54. The van der Waals surface area contributed by atoms with Gasteiger partial charge in [0.25, 0.3) is 5.90 Å². The smallest absolute Gasteiger partial charge is 0.344 e. The zero-order valence-electron chi connectivity index (χ0n) is 21.6. The van der Waals surface area contributed by atoms with Crippen molar-refractivity contribution in [3.8, 4) is 0 Å². The number of Topliss-reactive ketones (excluding diaryl/α,β-unsaturated/α-hetero) is 2. The van der Waals surface area contributed by atoms with Crippen molar-refractivity contribution in [2.45, 2.75) is 54.4 Å². The van der Waals surface area contributed by atoms with Crippen LogP contribution in [0.2, 0.25) is 0 Å². The second-order valence-corrected chi connectivity index (χ2v) is 10.4. The topological polar surface area (TPSA) is 119 Å². The van der Waals surface area contributed by atoms with Crippen LogP contribution in [0, 0.1) is 10.8 Å². The molecule has 0 spiro atoms. The third-order valence-corrected chi connectivity index (χ3v) is 5.10. The standard InChI is InChI=1S/C28H33NO7/c1-27(2,3)23(32)18-9-13-20(14-10-18)25(29-35-17-7-8-22(30)31)36-26(34)21-15-11-19(12-16-21)24(33)28(4,5)6/h9-16H,7-8,17H2,1-6H3,(H,30,31)/b29-25+. The molecule has 192 valence electrons. The van der Waals surface area contributed by atoms with Crippen LogP contribution in [0.25, 0.3) is 0 Å². The van der Waals surface area contributed by atoms with Gasteiger partial charge in [-0.3, -0.25) is 14.4 Å². The van der Waals surface area contributed by atoms with Crippen molar-refractivity contribution >= 4 is 29.4 Å². The highest BCUT2D eigenvalue weighted by atomic mass is 16.7. The van der Waals surface area contributed by atoms with Crippen molar-refractivity contribution in [3.63, 3.8) is 0 Å². The number of ketones is 2. The number of carboxylic acids is 1. The van der Waals surface area contributed by atoms with Gasteiger partial charge in [0.1, 0.15) is 6.61 Å². The van der Waals surface area contributed by atoms with E-state index in [0.29, 0.717) is 16.7 Å². The summed E-state index contributed by atoms with van der Waals surface area (Å²) in [7, 11) is 0. The van der Waals surface area contributed by atoms with Crippen LogP contribution in [0.5, 0.6) is 0 Å². The molecule has 2 rings (SSSR count). The zero-order valence-corrected chi connectivity index (χ0v) is 21.6. The number of hydrogen-bond acceptors (Lipinski definition) is 7. The Hall–Kier alpha value is -3.81. The molecule has 0 aliphatic heterocycles. The second-order valence-electron chi connectivity index (χ2n) is 10.4. The number of rotatable bonds is 9. The number of carbonyl (C=O) groups is 4. The summed E-state index contributed by atoms with van der Waals surface area (Å²) in [6.45, 7) is 10.9. The third kappa shape index (κ3) is 8.15. The normalized spacial score (nSPS) is 12.1. The summed E-state index contributed by atoms with van der Waals surface area (Å²) in [6, 6.07) is 12.5. The zero-order chi connectivity index (χ0) is 27.1. The van der Waals surface area contributed by atoms with E-state index in [1.807, 2.05) is 41.5 Å². The summed E-state index contributed by atoms with van der Waals surface area (Å²) in [5, 5.41) is 12.7. The lowest BCUT2D eigenvalue weighted by Crippen LogP contribution is -2.21. The fourth-order valence-corrected chi connectivity index (χ4v) is 3.06. The highest BCUT2D eigenvalue weighted by Gasteiger charge is 2.24. The molecule has 0 aromatic heterocycles. The summed E-state index contributed by atoms with van der Waals surface area (Å²) in [5.74, 6) is -1.90. The maximum atomic E-state index is 12.8. The Labute approximate surface area is 211 Å². The molecule has 1 N–H and O–H groups in total. The quantitative estimate of drug-likeness (QED) is 0.121. The van der Waals surface area contributed by atoms with Crippen LogP contribution in [0.15, 0.2) is 53.7 Å². The highest BCUT2D eigenvalue weighted by Crippen LogP contribution is 2.23. The van der Waals surface area contributed by atoms with E-state index in [4.69, 9.17) is 14.7 Å². The van der Waals surface area contributed by atoms with E-state index in [-0.39, 0.29) is 42.5 Å². The number of carbonyl (C=O) groups excluding carboxylic acids is 3. The van der Waals surface area contributed by atoms with Crippen molar-refractivity contribution in [3.05, 3.63) is 70.8 Å². The van der Waals surface area contributed by atoms with E-state index in [1.165, 1.54) is 12.1 Å². The number of aliphatic carboxylic acids is 1. The fourth-order valence-electron chi connectivity index (χ4n) is 3.06. The van der Waals surface area contributed by atoms with Crippen molar-refractivity contribution in [1.82, 2.24) is 0 Å².